The average Bonchev–Trinajstić information content (AvgIpc) is 2.54. The first kappa shape index (κ1) is 16.0. The standard InChI is InChI=1S/C19H19FO2/c1-3-14(2)17-6-4-5-7-18(17)22-19(21)13-10-15-8-11-16(20)12-9-15/h4-14H,3H2,1-2H3. The molecule has 2 rings (SSSR count). The van der Waals surface area contributed by atoms with Gasteiger partial charge < -0.3 is 4.74 Å². The van der Waals surface area contributed by atoms with Gasteiger partial charge in [-0.25, -0.2) is 9.18 Å². The highest BCUT2D eigenvalue weighted by Gasteiger charge is 2.11. The minimum absolute atomic E-state index is 0.304. The van der Waals surface area contributed by atoms with E-state index >= 15 is 0 Å². The van der Waals surface area contributed by atoms with Crippen molar-refractivity contribution < 1.29 is 13.9 Å². The molecule has 0 aliphatic carbocycles. The number of ether oxygens (including phenoxy) is 1. The molecule has 0 N–H and O–H groups in total. The van der Waals surface area contributed by atoms with Crippen molar-refractivity contribution in [2.24, 2.45) is 0 Å². The molecule has 0 aliphatic rings. The molecule has 0 heterocycles. The Balaban J connectivity index is 2.08. The highest BCUT2D eigenvalue weighted by Crippen LogP contribution is 2.28. The summed E-state index contributed by atoms with van der Waals surface area (Å²) in [5, 5.41) is 0. The topological polar surface area (TPSA) is 26.3 Å². The molecule has 1 unspecified atom stereocenters. The number of carbonyl (C=O) groups excluding carboxylic acids is 1. The van der Waals surface area contributed by atoms with Gasteiger partial charge in [0.2, 0.25) is 0 Å². The zero-order chi connectivity index (χ0) is 15.9. The number of benzene rings is 2. The van der Waals surface area contributed by atoms with Gasteiger partial charge in [0.05, 0.1) is 0 Å². The van der Waals surface area contributed by atoms with Crippen molar-refractivity contribution in [2.45, 2.75) is 26.2 Å². The lowest BCUT2D eigenvalue weighted by atomic mass is 9.98. The molecule has 0 spiro atoms. The van der Waals surface area contributed by atoms with Crippen LogP contribution in [0.25, 0.3) is 6.08 Å². The Hall–Kier alpha value is -2.42. The van der Waals surface area contributed by atoms with E-state index in [0.717, 1.165) is 17.5 Å². The molecule has 0 radical (unpaired) electrons. The van der Waals surface area contributed by atoms with Crippen LogP contribution in [0.15, 0.2) is 54.6 Å². The Bertz CT molecular complexity index is 659. The van der Waals surface area contributed by atoms with Crippen LogP contribution >= 0.6 is 0 Å². The molecule has 1 atom stereocenters. The Morgan fingerprint density at radius 3 is 2.55 bits per heavy atom. The minimum atomic E-state index is -0.444. The fraction of sp³-hybridized carbons (Fsp3) is 0.211. The molecule has 0 bridgehead atoms. The van der Waals surface area contributed by atoms with Crippen LogP contribution in [0.3, 0.4) is 0 Å². The number of para-hydroxylation sites is 1. The van der Waals surface area contributed by atoms with Gasteiger partial charge >= 0.3 is 5.97 Å². The smallest absolute Gasteiger partial charge is 0.336 e. The molecule has 114 valence electrons. The van der Waals surface area contributed by atoms with Crippen molar-refractivity contribution in [2.75, 3.05) is 0 Å². The normalized spacial score (nSPS) is 12.3. The van der Waals surface area contributed by atoms with E-state index in [-0.39, 0.29) is 5.82 Å². The molecule has 22 heavy (non-hydrogen) atoms. The average molecular weight is 298 g/mol. The van der Waals surface area contributed by atoms with Gasteiger partial charge in [-0.1, -0.05) is 44.2 Å². The van der Waals surface area contributed by atoms with Gasteiger partial charge in [-0.15, -0.1) is 0 Å². The fourth-order valence-corrected chi connectivity index (χ4v) is 2.08. The van der Waals surface area contributed by atoms with Crippen LogP contribution < -0.4 is 4.74 Å². The molecule has 0 aromatic heterocycles. The quantitative estimate of drug-likeness (QED) is 0.443. The molecule has 3 heteroatoms. The van der Waals surface area contributed by atoms with E-state index in [0.29, 0.717) is 11.7 Å². The number of hydrogen-bond donors (Lipinski definition) is 0. The molecule has 0 fully saturated rings. The summed E-state index contributed by atoms with van der Waals surface area (Å²) in [7, 11) is 0. The second-order valence-electron chi connectivity index (χ2n) is 5.15. The fourth-order valence-electron chi connectivity index (χ4n) is 2.08. The van der Waals surface area contributed by atoms with E-state index in [1.165, 1.54) is 18.2 Å². The zero-order valence-electron chi connectivity index (χ0n) is 12.8. The van der Waals surface area contributed by atoms with Crippen molar-refractivity contribution in [1.82, 2.24) is 0 Å². The van der Waals surface area contributed by atoms with Gasteiger partial charge in [0.1, 0.15) is 11.6 Å². The van der Waals surface area contributed by atoms with E-state index in [4.69, 9.17) is 4.74 Å². The third kappa shape index (κ3) is 4.29. The summed E-state index contributed by atoms with van der Waals surface area (Å²) < 4.78 is 18.2. The van der Waals surface area contributed by atoms with Gasteiger partial charge in [0.25, 0.3) is 0 Å². The largest absolute Gasteiger partial charge is 0.423 e. The molecular formula is C19H19FO2. The summed E-state index contributed by atoms with van der Waals surface area (Å²) in [6.45, 7) is 4.19. The van der Waals surface area contributed by atoms with Crippen molar-refractivity contribution in [3.63, 3.8) is 0 Å². The number of hydrogen-bond acceptors (Lipinski definition) is 2. The summed E-state index contributed by atoms with van der Waals surface area (Å²) in [5.41, 5.74) is 1.77. The summed E-state index contributed by atoms with van der Waals surface area (Å²) >= 11 is 0. The van der Waals surface area contributed by atoms with E-state index in [9.17, 15) is 9.18 Å². The Morgan fingerprint density at radius 2 is 1.86 bits per heavy atom. The number of esters is 1. The van der Waals surface area contributed by atoms with E-state index in [1.54, 1.807) is 24.3 Å². The minimum Gasteiger partial charge on any atom is -0.423 e. The van der Waals surface area contributed by atoms with Crippen LogP contribution in [0.1, 0.15) is 37.3 Å². The molecule has 0 saturated carbocycles. The molecule has 2 aromatic carbocycles. The first-order valence-electron chi connectivity index (χ1n) is 7.34. The first-order valence-corrected chi connectivity index (χ1v) is 7.34. The predicted molar refractivity (Wildman–Crippen MR) is 86.2 cm³/mol. The van der Waals surface area contributed by atoms with Crippen molar-refractivity contribution in [3.05, 3.63) is 71.6 Å². The highest BCUT2D eigenvalue weighted by molar-refractivity contribution is 5.88. The summed E-state index contributed by atoms with van der Waals surface area (Å²) in [5.74, 6) is 0.165. The van der Waals surface area contributed by atoms with Gasteiger partial charge in [0.15, 0.2) is 0 Å². The van der Waals surface area contributed by atoms with E-state index in [2.05, 4.69) is 13.8 Å². The van der Waals surface area contributed by atoms with Crippen molar-refractivity contribution in [1.29, 1.82) is 0 Å². The third-order valence-electron chi connectivity index (χ3n) is 3.55. The van der Waals surface area contributed by atoms with Gasteiger partial charge in [-0.3, -0.25) is 0 Å². The number of carbonyl (C=O) groups is 1. The second kappa shape index (κ2) is 7.55. The maximum absolute atomic E-state index is 12.8. The monoisotopic (exact) mass is 298 g/mol. The number of halogens is 1. The van der Waals surface area contributed by atoms with Gasteiger partial charge in [0, 0.05) is 6.08 Å². The number of rotatable bonds is 5. The van der Waals surface area contributed by atoms with Crippen LogP contribution in [0.2, 0.25) is 0 Å². The lowest BCUT2D eigenvalue weighted by Gasteiger charge is -2.13. The molecule has 0 aliphatic heterocycles. The zero-order valence-corrected chi connectivity index (χ0v) is 12.8. The SMILES string of the molecule is CCC(C)c1ccccc1OC(=O)C=Cc1ccc(F)cc1. The Labute approximate surface area is 130 Å². The van der Waals surface area contributed by atoms with E-state index < -0.39 is 5.97 Å². The van der Waals surface area contributed by atoms with Gasteiger partial charge in [-0.2, -0.15) is 0 Å². The molecular weight excluding hydrogens is 279 g/mol. The Morgan fingerprint density at radius 1 is 1.18 bits per heavy atom. The highest BCUT2D eigenvalue weighted by atomic mass is 19.1. The van der Waals surface area contributed by atoms with Crippen molar-refractivity contribution in [3.8, 4) is 5.75 Å². The molecule has 2 nitrogen and oxygen atoms in total. The maximum Gasteiger partial charge on any atom is 0.336 e. The van der Waals surface area contributed by atoms with Crippen LogP contribution in [0.5, 0.6) is 5.75 Å². The molecule has 0 saturated heterocycles. The van der Waals surface area contributed by atoms with Crippen molar-refractivity contribution >= 4 is 12.0 Å². The Kier molecular flexibility index (Phi) is 5.48. The summed E-state index contributed by atoms with van der Waals surface area (Å²) in [6.07, 6.45) is 3.92. The summed E-state index contributed by atoms with van der Waals surface area (Å²) in [4.78, 5) is 11.9. The maximum atomic E-state index is 12.8. The van der Waals surface area contributed by atoms with E-state index in [1.807, 2.05) is 18.2 Å². The second-order valence-corrected chi connectivity index (χ2v) is 5.15. The molecule has 0 amide bonds. The predicted octanol–water partition coefficient (Wildman–Crippen LogP) is 4.96. The lowest BCUT2D eigenvalue weighted by Crippen LogP contribution is -2.06. The van der Waals surface area contributed by atoms with Crippen LogP contribution in [0, 0.1) is 5.82 Å². The van der Waals surface area contributed by atoms with Crippen LogP contribution in [-0.4, -0.2) is 5.97 Å². The van der Waals surface area contributed by atoms with Crippen LogP contribution in [-0.2, 0) is 4.79 Å². The third-order valence-corrected chi connectivity index (χ3v) is 3.55. The summed E-state index contributed by atoms with van der Waals surface area (Å²) in [6, 6.07) is 13.5. The van der Waals surface area contributed by atoms with Crippen LogP contribution in [0.4, 0.5) is 4.39 Å². The first-order chi connectivity index (χ1) is 10.6. The lowest BCUT2D eigenvalue weighted by molar-refractivity contribution is -0.128. The molecule has 2 aromatic rings. The van der Waals surface area contributed by atoms with Gasteiger partial charge in [-0.05, 0) is 47.7 Å².